The highest BCUT2D eigenvalue weighted by Gasteiger charge is 2.21. The molecule has 0 atom stereocenters. The topological polar surface area (TPSA) is 97.1 Å². The number of hydrogen-bond acceptors (Lipinski definition) is 4. The Hall–Kier alpha value is -2.70. The molecule has 2 aromatic rings. The largest absolute Gasteiger partial charge is 0.478 e. The molecule has 7 heteroatoms. The van der Waals surface area contributed by atoms with Crippen LogP contribution < -0.4 is 5.32 Å². The van der Waals surface area contributed by atoms with Crippen LogP contribution in [0.3, 0.4) is 0 Å². The number of aromatic carboxylic acids is 1. The maximum atomic E-state index is 12.0. The van der Waals surface area contributed by atoms with Gasteiger partial charge in [-0.05, 0) is 24.6 Å². The van der Waals surface area contributed by atoms with Crippen molar-refractivity contribution in [2.45, 2.75) is 6.92 Å². The van der Waals surface area contributed by atoms with Crippen LogP contribution >= 0.6 is 0 Å². The van der Waals surface area contributed by atoms with Crippen LogP contribution in [0.5, 0.6) is 0 Å². The highest BCUT2D eigenvalue weighted by Crippen LogP contribution is 2.11. The van der Waals surface area contributed by atoms with E-state index in [-0.39, 0.29) is 11.3 Å². The summed E-state index contributed by atoms with van der Waals surface area (Å²) >= 11 is 0. The lowest BCUT2D eigenvalue weighted by molar-refractivity contribution is 0.0692. The van der Waals surface area contributed by atoms with Gasteiger partial charge in [0.15, 0.2) is 5.69 Å². The van der Waals surface area contributed by atoms with E-state index in [4.69, 9.17) is 5.11 Å². The third kappa shape index (κ3) is 2.76. The minimum atomic E-state index is -1.20. The van der Waals surface area contributed by atoms with Crippen molar-refractivity contribution in [3.8, 4) is 0 Å². The van der Waals surface area contributed by atoms with E-state index in [1.165, 1.54) is 10.9 Å². The zero-order valence-electron chi connectivity index (χ0n) is 10.4. The quantitative estimate of drug-likeness (QED) is 0.860. The van der Waals surface area contributed by atoms with Crippen LogP contribution in [0, 0.1) is 6.92 Å². The molecule has 2 aromatic heterocycles. The molecule has 2 rings (SSSR count). The molecule has 0 aliphatic carbocycles. The molecule has 0 aliphatic rings. The van der Waals surface area contributed by atoms with Gasteiger partial charge in [-0.2, -0.15) is 5.10 Å². The third-order valence-corrected chi connectivity index (χ3v) is 2.43. The molecule has 0 saturated heterocycles. The molecule has 0 spiro atoms. The van der Waals surface area contributed by atoms with Crippen molar-refractivity contribution < 1.29 is 14.7 Å². The first kappa shape index (κ1) is 12.7. The standard InChI is InChI=1S/C12H12N4O3/c1-7-3-4-13-9(5-7)14-11(17)10-8(12(18)19)6-16(2)15-10/h3-6H,1-2H3,(H,18,19)(H,13,14,17). The summed E-state index contributed by atoms with van der Waals surface area (Å²) in [5.41, 5.74) is 0.649. The van der Waals surface area contributed by atoms with Crippen LogP contribution in [0.4, 0.5) is 5.82 Å². The predicted molar refractivity (Wildman–Crippen MR) is 67.1 cm³/mol. The molecular formula is C12H12N4O3. The number of pyridine rings is 1. The van der Waals surface area contributed by atoms with Gasteiger partial charge in [-0.15, -0.1) is 0 Å². The second kappa shape index (κ2) is 4.89. The molecule has 98 valence electrons. The summed E-state index contributed by atoms with van der Waals surface area (Å²) < 4.78 is 1.28. The summed E-state index contributed by atoms with van der Waals surface area (Å²) in [6, 6.07) is 3.47. The van der Waals surface area contributed by atoms with Gasteiger partial charge in [0.2, 0.25) is 0 Å². The number of anilines is 1. The number of carbonyl (C=O) groups is 2. The number of carboxylic acid groups (broad SMARTS) is 1. The SMILES string of the molecule is Cc1ccnc(NC(=O)c2nn(C)cc2C(=O)O)c1. The molecule has 2 heterocycles. The monoisotopic (exact) mass is 260 g/mol. The number of aromatic nitrogens is 3. The number of aryl methyl sites for hydroxylation is 2. The van der Waals surface area contributed by atoms with Crippen LogP contribution in [-0.4, -0.2) is 31.7 Å². The fourth-order valence-electron chi connectivity index (χ4n) is 1.59. The molecule has 0 bridgehead atoms. The van der Waals surface area contributed by atoms with Gasteiger partial charge in [0.05, 0.1) is 0 Å². The fourth-order valence-corrected chi connectivity index (χ4v) is 1.59. The Morgan fingerprint density at radius 3 is 2.79 bits per heavy atom. The summed E-state index contributed by atoms with van der Waals surface area (Å²) in [5.74, 6) is -1.45. The van der Waals surface area contributed by atoms with Gasteiger partial charge < -0.3 is 10.4 Å². The van der Waals surface area contributed by atoms with Gasteiger partial charge in [0.25, 0.3) is 5.91 Å². The molecular weight excluding hydrogens is 248 g/mol. The van der Waals surface area contributed by atoms with E-state index < -0.39 is 11.9 Å². The van der Waals surface area contributed by atoms with Gasteiger partial charge in [-0.25, -0.2) is 9.78 Å². The Labute approximate surface area is 108 Å². The number of carbonyl (C=O) groups excluding carboxylic acids is 1. The van der Waals surface area contributed by atoms with Crippen molar-refractivity contribution in [2.24, 2.45) is 7.05 Å². The lowest BCUT2D eigenvalue weighted by Gasteiger charge is -2.03. The summed E-state index contributed by atoms with van der Waals surface area (Å²) in [5, 5.41) is 15.4. The maximum absolute atomic E-state index is 12.0. The molecule has 0 aliphatic heterocycles. The first-order valence-electron chi connectivity index (χ1n) is 5.48. The smallest absolute Gasteiger partial charge is 0.339 e. The average molecular weight is 260 g/mol. The van der Waals surface area contributed by atoms with Crippen molar-refractivity contribution in [1.82, 2.24) is 14.8 Å². The summed E-state index contributed by atoms with van der Waals surface area (Å²) in [4.78, 5) is 26.9. The lowest BCUT2D eigenvalue weighted by Crippen LogP contribution is -2.17. The Morgan fingerprint density at radius 1 is 1.42 bits per heavy atom. The Balaban J connectivity index is 2.28. The van der Waals surface area contributed by atoms with Gasteiger partial charge in [-0.1, -0.05) is 0 Å². The summed E-state index contributed by atoms with van der Waals surface area (Å²) in [6.45, 7) is 1.86. The maximum Gasteiger partial charge on any atom is 0.339 e. The Morgan fingerprint density at radius 2 is 2.16 bits per heavy atom. The van der Waals surface area contributed by atoms with E-state index in [9.17, 15) is 9.59 Å². The average Bonchev–Trinajstić information content (AvgIpc) is 2.71. The molecule has 0 aromatic carbocycles. The van der Waals surface area contributed by atoms with E-state index >= 15 is 0 Å². The van der Waals surface area contributed by atoms with Crippen molar-refractivity contribution in [1.29, 1.82) is 0 Å². The number of nitrogens with zero attached hydrogens (tertiary/aromatic N) is 3. The number of hydrogen-bond donors (Lipinski definition) is 2. The van der Waals surface area contributed by atoms with Crippen LogP contribution in [0.2, 0.25) is 0 Å². The highest BCUT2D eigenvalue weighted by atomic mass is 16.4. The Bertz CT molecular complexity index is 648. The first-order valence-corrected chi connectivity index (χ1v) is 5.48. The second-order valence-corrected chi connectivity index (χ2v) is 4.04. The molecule has 19 heavy (non-hydrogen) atoms. The number of rotatable bonds is 3. The minimum Gasteiger partial charge on any atom is -0.478 e. The molecule has 0 radical (unpaired) electrons. The first-order chi connectivity index (χ1) is 8.97. The van der Waals surface area contributed by atoms with Crippen molar-refractivity contribution in [3.63, 3.8) is 0 Å². The number of nitrogens with one attached hydrogen (secondary N) is 1. The number of carboxylic acids is 1. The van der Waals surface area contributed by atoms with E-state index in [2.05, 4.69) is 15.4 Å². The van der Waals surface area contributed by atoms with Crippen molar-refractivity contribution >= 4 is 17.7 Å². The van der Waals surface area contributed by atoms with E-state index in [0.29, 0.717) is 5.82 Å². The summed E-state index contributed by atoms with van der Waals surface area (Å²) in [7, 11) is 1.55. The lowest BCUT2D eigenvalue weighted by atomic mass is 10.2. The minimum absolute atomic E-state index is 0.140. The summed E-state index contributed by atoms with van der Waals surface area (Å²) in [6.07, 6.45) is 2.84. The van der Waals surface area contributed by atoms with Crippen LogP contribution in [-0.2, 0) is 7.05 Å². The van der Waals surface area contributed by atoms with Gasteiger partial charge >= 0.3 is 5.97 Å². The molecule has 0 fully saturated rings. The molecule has 7 nitrogen and oxygen atoms in total. The van der Waals surface area contributed by atoms with E-state index in [1.807, 2.05) is 6.92 Å². The van der Waals surface area contributed by atoms with Gasteiger partial charge in [0.1, 0.15) is 11.4 Å². The number of amides is 1. The van der Waals surface area contributed by atoms with Crippen molar-refractivity contribution in [2.75, 3.05) is 5.32 Å². The van der Waals surface area contributed by atoms with Gasteiger partial charge in [0, 0.05) is 19.4 Å². The van der Waals surface area contributed by atoms with E-state index in [1.54, 1.807) is 25.4 Å². The second-order valence-electron chi connectivity index (χ2n) is 4.04. The molecule has 0 saturated carbocycles. The zero-order chi connectivity index (χ0) is 14.0. The fraction of sp³-hybridized carbons (Fsp3) is 0.167. The van der Waals surface area contributed by atoms with Crippen LogP contribution in [0.1, 0.15) is 26.4 Å². The van der Waals surface area contributed by atoms with Crippen LogP contribution in [0.25, 0.3) is 0 Å². The van der Waals surface area contributed by atoms with Crippen molar-refractivity contribution in [3.05, 3.63) is 41.3 Å². The van der Waals surface area contributed by atoms with Gasteiger partial charge in [-0.3, -0.25) is 9.48 Å². The van der Waals surface area contributed by atoms with Crippen LogP contribution in [0.15, 0.2) is 24.5 Å². The Kier molecular flexibility index (Phi) is 3.28. The highest BCUT2D eigenvalue weighted by molar-refractivity contribution is 6.08. The predicted octanol–water partition coefficient (Wildman–Crippen LogP) is 1.07. The third-order valence-electron chi connectivity index (χ3n) is 2.43. The molecule has 1 amide bonds. The van der Waals surface area contributed by atoms with E-state index in [0.717, 1.165) is 5.56 Å². The molecule has 2 N–H and O–H groups in total. The normalized spacial score (nSPS) is 10.2. The zero-order valence-corrected chi connectivity index (χ0v) is 10.4. The molecule has 0 unspecified atom stereocenters.